The van der Waals surface area contributed by atoms with Gasteiger partial charge in [-0.2, -0.15) is 5.10 Å². The van der Waals surface area contributed by atoms with Crippen LogP contribution in [0.1, 0.15) is 27.6 Å². The zero-order chi connectivity index (χ0) is 18.8. The smallest absolute Gasteiger partial charge is 0.288 e. The molecule has 0 aliphatic heterocycles. The van der Waals surface area contributed by atoms with Crippen molar-refractivity contribution in [1.82, 2.24) is 10.4 Å². The molecule has 4 rings (SSSR count). The minimum atomic E-state index is -0.304. The summed E-state index contributed by atoms with van der Waals surface area (Å²) in [7, 11) is 0. The molecule has 0 atom stereocenters. The van der Waals surface area contributed by atoms with E-state index in [1.54, 1.807) is 0 Å². The van der Waals surface area contributed by atoms with Crippen LogP contribution >= 0.6 is 0 Å². The van der Waals surface area contributed by atoms with Gasteiger partial charge in [0, 0.05) is 16.5 Å². The number of aromatic nitrogens is 1. The predicted octanol–water partition coefficient (Wildman–Crippen LogP) is 4.81. The number of carbonyl (C=O) groups excluding carboxylic acids is 1. The van der Waals surface area contributed by atoms with E-state index in [0.29, 0.717) is 11.5 Å². The van der Waals surface area contributed by atoms with E-state index in [1.165, 1.54) is 6.21 Å². The molecule has 0 spiro atoms. The summed E-state index contributed by atoms with van der Waals surface area (Å²) in [6.07, 6.45) is 1.50. The van der Waals surface area contributed by atoms with Gasteiger partial charge in [-0.25, -0.2) is 5.43 Å². The van der Waals surface area contributed by atoms with Crippen LogP contribution in [0.15, 0.2) is 70.2 Å². The van der Waals surface area contributed by atoms with Gasteiger partial charge in [0.1, 0.15) is 17.2 Å². The molecule has 0 aliphatic carbocycles. The molecule has 1 amide bonds. The van der Waals surface area contributed by atoms with Crippen molar-refractivity contribution in [2.75, 3.05) is 0 Å². The maximum Gasteiger partial charge on any atom is 0.288 e. The zero-order valence-corrected chi connectivity index (χ0v) is 15.1. The van der Waals surface area contributed by atoms with Crippen LogP contribution in [0, 0.1) is 13.8 Å². The number of carbonyl (C=O) groups is 1. The molecule has 2 aromatic heterocycles. The molecule has 0 aliphatic rings. The first kappa shape index (κ1) is 16.8. The number of fused-ring (bicyclic) bond motifs is 1. The lowest BCUT2D eigenvalue weighted by molar-refractivity contribution is 0.0951. The summed E-state index contributed by atoms with van der Waals surface area (Å²) in [5.74, 6) is 1.14. The van der Waals surface area contributed by atoms with Gasteiger partial charge in [-0.15, -0.1) is 0 Å². The minimum absolute atomic E-state index is 0.304. The Kier molecular flexibility index (Phi) is 4.34. The van der Waals surface area contributed by atoms with Gasteiger partial charge in [0.2, 0.25) is 0 Å². The molecule has 2 N–H and O–H groups in total. The van der Waals surface area contributed by atoms with Crippen molar-refractivity contribution in [2.24, 2.45) is 5.10 Å². The van der Waals surface area contributed by atoms with E-state index < -0.39 is 0 Å². The average molecular weight is 357 g/mol. The van der Waals surface area contributed by atoms with Gasteiger partial charge in [-0.05, 0) is 37.1 Å². The third kappa shape index (κ3) is 3.27. The van der Waals surface area contributed by atoms with Crippen LogP contribution in [0.5, 0.6) is 0 Å². The van der Waals surface area contributed by atoms with Crippen LogP contribution in [-0.4, -0.2) is 17.1 Å². The van der Waals surface area contributed by atoms with Gasteiger partial charge in [0.25, 0.3) is 5.91 Å². The molecule has 134 valence electrons. The normalized spacial score (nSPS) is 11.3. The third-order valence-corrected chi connectivity index (χ3v) is 4.54. The molecule has 5 heteroatoms. The highest BCUT2D eigenvalue weighted by atomic mass is 16.3. The number of hydrogen-bond acceptors (Lipinski definition) is 3. The van der Waals surface area contributed by atoms with Crippen molar-refractivity contribution in [1.29, 1.82) is 0 Å². The van der Waals surface area contributed by atoms with E-state index in [4.69, 9.17) is 4.42 Å². The van der Waals surface area contributed by atoms with Gasteiger partial charge in [-0.3, -0.25) is 4.79 Å². The first-order chi connectivity index (χ1) is 13.1. The first-order valence-electron chi connectivity index (χ1n) is 8.70. The second-order valence-corrected chi connectivity index (χ2v) is 6.37. The highest BCUT2D eigenvalue weighted by Gasteiger charge is 2.18. The van der Waals surface area contributed by atoms with E-state index in [9.17, 15) is 4.79 Å². The predicted molar refractivity (Wildman–Crippen MR) is 107 cm³/mol. The molecule has 4 aromatic rings. The molecule has 0 bridgehead atoms. The molecule has 2 aromatic carbocycles. The molecule has 0 radical (unpaired) electrons. The van der Waals surface area contributed by atoms with Crippen LogP contribution in [0.4, 0.5) is 0 Å². The van der Waals surface area contributed by atoms with Crippen LogP contribution in [-0.2, 0) is 0 Å². The van der Waals surface area contributed by atoms with Crippen LogP contribution < -0.4 is 5.43 Å². The number of nitrogens with zero attached hydrogens (tertiary/aromatic N) is 1. The number of hydrazone groups is 1. The summed E-state index contributed by atoms with van der Waals surface area (Å²) in [5.41, 5.74) is 6.85. The first-order valence-corrected chi connectivity index (χ1v) is 8.70. The lowest BCUT2D eigenvalue weighted by atomic mass is 10.0. The monoisotopic (exact) mass is 357 g/mol. The van der Waals surface area contributed by atoms with Crippen LogP contribution in [0.2, 0.25) is 0 Å². The Bertz CT molecular complexity index is 1120. The Morgan fingerprint density at radius 2 is 1.81 bits per heavy atom. The number of hydrogen-bond donors (Lipinski definition) is 2. The van der Waals surface area contributed by atoms with E-state index in [2.05, 4.69) is 15.5 Å². The number of H-pyrrole nitrogens is 1. The second-order valence-electron chi connectivity index (χ2n) is 6.37. The van der Waals surface area contributed by atoms with E-state index in [0.717, 1.165) is 33.4 Å². The molecular formula is C22H19N3O2. The highest BCUT2D eigenvalue weighted by molar-refractivity contribution is 6.09. The minimum Gasteiger partial charge on any atom is -0.460 e. The van der Waals surface area contributed by atoms with Crippen LogP contribution in [0.25, 0.3) is 22.0 Å². The number of para-hydroxylation sites is 1. The van der Waals surface area contributed by atoms with Gasteiger partial charge in [0.15, 0.2) is 0 Å². The Morgan fingerprint density at radius 1 is 1.07 bits per heavy atom. The van der Waals surface area contributed by atoms with Gasteiger partial charge in [0.05, 0.1) is 6.21 Å². The second kappa shape index (κ2) is 6.96. The molecule has 0 saturated heterocycles. The molecule has 5 nitrogen and oxygen atoms in total. The van der Waals surface area contributed by atoms with Gasteiger partial charge < -0.3 is 9.40 Å². The number of amides is 1. The fourth-order valence-electron chi connectivity index (χ4n) is 3.09. The summed E-state index contributed by atoms with van der Waals surface area (Å²) in [4.78, 5) is 16.0. The lowest BCUT2D eigenvalue weighted by Gasteiger charge is -2.04. The fraction of sp³-hybridized carbons (Fsp3) is 0.0909. The molecule has 0 saturated carbocycles. The summed E-state index contributed by atoms with van der Waals surface area (Å²) in [6, 6.07) is 19.6. The number of furan rings is 1. The topological polar surface area (TPSA) is 70.4 Å². The van der Waals surface area contributed by atoms with E-state index >= 15 is 0 Å². The lowest BCUT2D eigenvalue weighted by Crippen LogP contribution is -2.18. The molecule has 27 heavy (non-hydrogen) atoms. The Balaban J connectivity index is 1.67. The van der Waals surface area contributed by atoms with Crippen molar-refractivity contribution < 1.29 is 9.21 Å². The van der Waals surface area contributed by atoms with Gasteiger partial charge in [-0.1, -0.05) is 48.5 Å². The Hall–Kier alpha value is -3.60. The Labute approximate surface area is 156 Å². The van der Waals surface area contributed by atoms with Crippen molar-refractivity contribution >= 4 is 23.0 Å². The van der Waals surface area contributed by atoms with Crippen molar-refractivity contribution in [3.8, 4) is 11.1 Å². The molecule has 0 fully saturated rings. The highest BCUT2D eigenvalue weighted by Crippen LogP contribution is 2.32. The maximum atomic E-state index is 12.8. The number of rotatable bonds is 4. The van der Waals surface area contributed by atoms with E-state index in [1.807, 2.05) is 74.5 Å². The quantitative estimate of drug-likeness (QED) is 0.406. The standard InChI is InChI=1S/C22H19N3O2/c1-14-12-17(27-15(14)2)13-23-25-22(26)21-20(16-8-4-3-5-9-16)18-10-6-7-11-19(18)24-21/h3-13,24H,1-2H3,(H,25,26)/b23-13-. The van der Waals surface area contributed by atoms with E-state index in [-0.39, 0.29) is 5.91 Å². The van der Waals surface area contributed by atoms with Crippen LogP contribution in [0.3, 0.4) is 0 Å². The molecular weight excluding hydrogens is 338 g/mol. The Morgan fingerprint density at radius 3 is 2.56 bits per heavy atom. The number of nitrogens with one attached hydrogen (secondary N) is 2. The summed E-state index contributed by atoms with van der Waals surface area (Å²) >= 11 is 0. The fourth-order valence-corrected chi connectivity index (χ4v) is 3.09. The van der Waals surface area contributed by atoms with Crippen molar-refractivity contribution in [3.63, 3.8) is 0 Å². The SMILES string of the molecule is Cc1cc(/C=N\NC(=O)c2[nH]c3ccccc3c2-c2ccccc2)oc1C. The number of aromatic amines is 1. The number of benzene rings is 2. The summed E-state index contributed by atoms with van der Waals surface area (Å²) in [6.45, 7) is 3.85. The van der Waals surface area contributed by atoms with Crippen molar-refractivity contribution in [2.45, 2.75) is 13.8 Å². The third-order valence-electron chi connectivity index (χ3n) is 4.54. The van der Waals surface area contributed by atoms with Crippen molar-refractivity contribution in [3.05, 3.63) is 83.4 Å². The summed E-state index contributed by atoms with van der Waals surface area (Å²) < 4.78 is 5.53. The number of aryl methyl sites for hydroxylation is 2. The molecule has 0 unspecified atom stereocenters. The van der Waals surface area contributed by atoms with Gasteiger partial charge >= 0.3 is 0 Å². The molecule has 2 heterocycles. The average Bonchev–Trinajstić information content (AvgIpc) is 3.22. The maximum absolute atomic E-state index is 12.8. The zero-order valence-electron chi connectivity index (χ0n) is 15.1. The summed E-state index contributed by atoms with van der Waals surface area (Å²) in [5, 5.41) is 5.03. The largest absolute Gasteiger partial charge is 0.460 e.